The first kappa shape index (κ1) is 16.7. The van der Waals surface area contributed by atoms with Crippen LogP contribution in [-0.2, 0) is 16.0 Å². The summed E-state index contributed by atoms with van der Waals surface area (Å²) in [5.41, 5.74) is 1.53. The molecule has 1 fully saturated rings. The van der Waals surface area contributed by atoms with Gasteiger partial charge < -0.3 is 19.4 Å². The van der Waals surface area contributed by atoms with Crippen molar-refractivity contribution in [3.63, 3.8) is 0 Å². The Morgan fingerprint density at radius 1 is 1.42 bits per heavy atom. The fourth-order valence-corrected chi connectivity index (χ4v) is 3.01. The molecule has 1 saturated heterocycles. The topological polar surface area (TPSA) is 69.6 Å². The number of rotatable bonds is 4. The lowest BCUT2D eigenvalue weighted by Gasteiger charge is -2.24. The zero-order valence-electron chi connectivity index (χ0n) is 14.0. The third kappa shape index (κ3) is 3.07. The summed E-state index contributed by atoms with van der Waals surface area (Å²) in [5.74, 6) is -0.576. The van der Waals surface area contributed by atoms with Crippen molar-refractivity contribution in [2.24, 2.45) is 0 Å². The number of aromatic nitrogens is 1. The van der Waals surface area contributed by atoms with Crippen LogP contribution < -0.4 is 10.7 Å². The lowest BCUT2D eigenvalue weighted by atomic mass is 10.0. The number of esters is 1. The van der Waals surface area contributed by atoms with E-state index >= 15 is 0 Å². The summed E-state index contributed by atoms with van der Waals surface area (Å²) in [6.45, 7) is 6.79. The number of morpholine rings is 1. The van der Waals surface area contributed by atoms with Gasteiger partial charge in [-0.25, -0.2) is 4.79 Å². The highest BCUT2D eigenvalue weighted by atomic mass is 16.5. The predicted molar refractivity (Wildman–Crippen MR) is 91.4 cm³/mol. The Bertz CT molecular complexity index is 807. The first-order valence-corrected chi connectivity index (χ1v) is 8.32. The quantitative estimate of drug-likeness (QED) is 0.867. The van der Waals surface area contributed by atoms with Crippen LogP contribution in [-0.4, -0.2) is 36.8 Å². The highest BCUT2D eigenvalue weighted by Crippen LogP contribution is 2.23. The van der Waals surface area contributed by atoms with E-state index in [9.17, 15) is 9.59 Å². The van der Waals surface area contributed by atoms with Gasteiger partial charge in [0.15, 0.2) is 0 Å². The van der Waals surface area contributed by atoms with Crippen molar-refractivity contribution in [1.29, 1.82) is 0 Å². The molecule has 0 radical (unpaired) electrons. The fraction of sp³-hybridized carbons (Fsp3) is 0.444. The van der Waals surface area contributed by atoms with Gasteiger partial charge in [0.2, 0.25) is 5.43 Å². The van der Waals surface area contributed by atoms with Gasteiger partial charge in [-0.1, -0.05) is 6.07 Å². The summed E-state index contributed by atoms with van der Waals surface area (Å²) in [6.07, 6.45) is 1.50. The average molecular weight is 330 g/mol. The number of aryl methyl sites for hydroxylation is 1. The molecule has 2 aromatic rings. The second-order valence-corrected chi connectivity index (χ2v) is 5.72. The Labute approximate surface area is 140 Å². The molecule has 0 aliphatic carbocycles. The lowest BCUT2D eigenvalue weighted by molar-refractivity contribution is 0.0278. The number of ether oxygens (including phenoxy) is 2. The zero-order chi connectivity index (χ0) is 17.1. The van der Waals surface area contributed by atoms with E-state index < -0.39 is 5.97 Å². The molecule has 128 valence electrons. The maximum absolute atomic E-state index is 12.8. The van der Waals surface area contributed by atoms with Crippen LogP contribution in [0.25, 0.3) is 10.9 Å². The van der Waals surface area contributed by atoms with Gasteiger partial charge in [-0.3, -0.25) is 4.79 Å². The van der Waals surface area contributed by atoms with Gasteiger partial charge >= 0.3 is 5.97 Å². The van der Waals surface area contributed by atoms with Crippen molar-refractivity contribution >= 4 is 16.9 Å². The Balaban J connectivity index is 2.13. The second-order valence-electron chi connectivity index (χ2n) is 5.72. The number of pyridine rings is 1. The van der Waals surface area contributed by atoms with Gasteiger partial charge in [-0.2, -0.15) is 0 Å². The maximum Gasteiger partial charge on any atom is 0.343 e. The molecule has 3 rings (SSSR count). The lowest BCUT2D eigenvalue weighted by Crippen LogP contribution is -2.33. The summed E-state index contributed by atoms with van der Waals surface area (Å²) >= 11 is 0. The van der Waals surface area contributed by atoms with Crippen LogP contribution in [0.4, 0.5) is 0 Å². The van der Waals surface area contributed by atoms with Crippen LogP contribution in [0.3, 0.4) is 0 Å². The number of benzene rings is 1. The Morgan fingerprint density at radius 2 is 2.25 bits per heavy atom. The van der Waals surface area contributed by atoms with Gasteiger partial charge in [0.1, 0.15) is 5.56 Å². The Morgan fingerprint density at radius 3 is 2.92 bits per heavy atom. The molecular weight excluding hydrogens is 308 g/mol. The first-order valence-electron chi connectivity index (χ1n) is 8.32. The molecule has 6 nitrogen and oxygen atoms in total. The summed E-state index contributed by atoms with van der Waals surface area (Å²) in [4.78, 5) is 24.9. The van der Waals surface area contributed by atoms with Crippen molar-refractivity contribution < 1.29 is 14.3 Å². The van der Waals surface area contributed by atoms with E-state index in [4.69, 9.17) is 9.47 Å². The van der Waals surface area contributed by atoms with Crippen molar-refractivity contribution in [3.8, 4) is 0 Å². The number of hydrogen-bond acceptors (Lipinski definition) is 5. The van der Waals surface area contributed by atoms with E-state index in [1.807, 2.05) is 29.7 Å². The monoisotopic (exact) mass is 330 g/mol. The van der Waals surface area contributed by atoms with Crippen LogP contribution in [0.15, 0.2) is 29.2 Å². The third-order valence-electron chi connectivity index (χ3n) is 4.24. The normalized spacial score (nSPS) is 17.8. The molecule has 1 aliphatic heterocycles. The molecule has 1 aliphatic rings. The molecule has 6 heteroatoms. The molecule has 0 amide bonds. The summed E-state index contributed by atoms with van der Waals surface area (Å²) < 4.78 is 12.7. The van der Waals surface area contributed by atoms with Crippen LogP contribution in [0.2, 0.25) is 0 Å². The highest BCUT2D eigenvalue weighted by Gasteiger charge is 2.20. The van der Waals surface area contributed by atoms with Crippen LogP contribution >= 0.6 is 0 Å². The number of carbonyl (C=O) groups excluding carboxylic acids is 1. The van der Waals surface area contributed by atoms with Crippen LogP contribution in [0.5, 0.6) is 0 Å². The predicted octanol–water partition coefficient (Wildman–Crippen LogP) is 1.86. The molecule has 1 atom stereocenters. The largest absolute Gasteiger partial charge is 0.462 e. The van der Waals surface area contributed by atoms with Gasteiger partial charge in [-0.05, 0) is 31.5 Å². The van der Waals surface area contributed by atoms with Gasteiger partial charge in [-0.15, -0.1) is 0 Å². The third-order valence-corrected chi connectivity index (χ3v) is 4.24. The molecule has 0 bridgehead atoms. The number of fused-ring (bicyclic) bond motifs is 1. The second kappa shape index (κ2) is 7.15. The van der Waals surface area contributed by atoms with E-state index in [0.29, 0.717) is 25.1 Å². The van der Waals surface area contributed by atoms with E-state index in [2.05, 4.69) is 5.32 Å². The van der Waals surface area contributed by atoms with Crippen molar-refractivity contribution in [1.82, 2.24) is 9.88 Å². The molecular formula is C18H22N2O4. The number of nitrogens with zero attached hydrogens (tertiary/aromatic N) is 1. The number of hydrogen-bond donors (Lipinski definition) is 1. The number of nitrogens with one attached hydrogen (secondary N) is 1. The summed E-state index contributed by atoms with van der Waals surface area (Å²) in [7, 11) is 0. The minimum absolute atomic E-state index is 0.0750. The van der Waals surface area contributed by atoms with Crippen molar-refractivity contribution in [2.75, 3.05) is 26.3 Å². The van der Waals surface area contributed by atoms with Gasteiger partial charge in [0.25, 0.3) is 0 Å². The molecule has 24 heavy (non-hydrogen) atoms. The molecule has 2 heterocycles. The van der Waals surface area contributed by atoms with E-state index in [-0.39, 0.29) is 23.7 Å². The minimum Gasteiger partial charge on any atom is -0.462 e. The number of carbonyl (C=O) groups is 1. The maximum atomic E-state index is 12.8. The van der Waals surface area contributed by atoms with Crippen molar-refractivity contribution in [3.05, 3.63) is 45.7 Å². The average Bonchev–Trinajstić information content (AvgIpc) is 2.63. The molecule has 0 saturated carbocycles. The van der Waals surface area contributed by atoms with Crippen LogP contribution in [0, 0.1) is 0 Å². The highest BCUT2D eigenvalue weighted by molar-refractivity contribution is 5.94. The van der Waals surface area contributed by atoms with Gasteiger partial charge in [0.05, 0.1) is 24.8 Å². The summed E-state index contributed by atoms with van der Waals surface area (Å²) in [5, 5.41) is 3.80. The fourth-order valence-electron chi connectivity index (χ4n) is 3.01. The van der Waals surface area contributed by atoms with Gasteiger partial charge in [0, 0.05) is 31.2 Å². The molecule has 1 unspecified atom stereocenters. The molecule has 1 N–H and O–H groups in total. The molecule has 1 aromatic carbocycles. The molecule has 0 spiro atoms. The SMILES string of the molecule is CCOC(=O)c1cn(CC)c2ccc(C3CNCCO3)cc2c1=O. The smallest absolute Gasteiger partial charge is 0.343 e. The first-order chi connectivity index (χ1) is 11.7. The van der Waals surface area contributed by atoms with E-state index in [1.54, 1.807) is 13.1 Å². The minimum atomic E-state index is -0.576. The Hall–Kier alpha value is -2.18. The van der Waals surface area contributed by atoms with Crippen LogP contribution in [0.1, 0.15) is 35.9 Å². The molecule has 1 aromatic heterocycles. The van der Waals surface area contributed by atoms with E-state index in [0.717, 1.165) is 17.6 Å². The standard InChI is InChI=1S/C18H22N2O4/c1-3-20-11-14(18(22)23-4-2)17(21)13-9-12(5-6-15(13)20)16-10-19-7-8-24-16/h5-6,9,11,16,19H,3-4,7-8,10H2,1-2H3. The summed E-state index contributed by atoms with van der Waals surface area (Å²) in [6, 6.07) is 5.74. The van der Waals surface area contributed by atoms with E-state index in [1.165, 1.54) is 0 Å². The van der Waals surface area contributed by atoms with Crippen molar-refractivity contribution in [2.45, 2.75) is 26.5 Å². The Kier molecular flexibility index (Phi) is 4.97. The zero-order valence-corrected chi connectivity index (χ0v) is 14.0.